The van der Waals surface area contributed by atoms with E-state index < -0.39 is 22.9 Å². The summed E-state index contributed by atoms with van der Waals surface area (Å²) in [7, 11) is 0. The van der Waals surface area contributed by atoms with Crippen LogP contribution >= 0.6 is 11.6 Å². The number of anilines is 1. The molecule has 1 aliphatic rings. The number of aliphatic hydroxyl groups is 1. The van der Waals surface area contributed by atoms with E-state index in [9.17, 15) is 23.1 Å². The number of nitrogens with one attached hydrogen (secondary N) is 1. The molecule has 0 radical (unpaired) electrons. The summed E-state index contributed by atoms with van der Waals surface area (Å²) in [5.41, 5.74) is -2.24. The van der Waals surface area contributed by atoms with Crippen LogP contribution in [0.2, 0.25) is 5.02 Å². The Labute approximate surface area is 151 Å². The lowest BCUT2D eigenvalue weighted by Crippen LogP contribution is -2.34. The normalized spacial score (nSPS) is 16.7. The topological polar surface area (TPSA) is 80.0 Å². The predicted octanol–water partition coefficient (Wildman–Crippen LogP) is 3.02. The zero-order chi connectivity index (χ0) is 18.9. The van der Waals surface area contributed by atoms with Gasteiger partial charge in [-0.3, -0.25) is 4.79 Å². The number of hydrogen-bond acceptors (Lipinski definition) is 5. The van der Waals surface area contributed by atoms with Gasteiger partial charge < -0.3 is 10.4 Å². The molecule has 0 amide bonds. The fourth-order valence-electron chi connectivity index (χ4n) is 2.87. The van der Waals surface area contributed by atoms with E-state index in [1.165, 1.54) is 6.20 Å². The summed E-state index contributed by atoms with van der Waals surface area (Å²) in [4.78, 5) is 16.0. The number of alkyl halides is 3. The number of aromatic nitrogens is 3. The summed E-state index contributed by atoms with van der Waals surface area (Å²) in [6.07, 6.45) is 0.586. The van der Waals surface area contributed by atoms with E-state index in [1.807, 2.05) is 0 Å². The van der Waals surface area contributed by atoms with Crippen LogP contribution in [0.1, 0.15) is 31.2 Å². The minimum absolute atomic E-state index is 0.0779. The van der Waals surface area contributed by atoms with Gasteiger partial charge in [-0.1, -0.05) is 24.4 Å². The molecule has 2 aromatic rings. The second-order valence-electron chi connectivity index (χ2n) is 6.28. The molecule has 0 bridgehead atoms. The Kier molecular flexibility index (Phi) is 4.94. The van der Waals surface area contributed by atoms with Gasteiger partial charge in [0.1, 0.15) is 5.02 Å². The molecule has 0 saturated heterocycles. The highest BCUT2D eigenvalue weighted by Crippen LogP contribution is 2.30. The van der Waals surface area contributed by atoms with Crippen LogP contribution in [-0.4, -0.2) is 32.0 Å². The van der Waals surface area contributed by atoms with Crippen LogP contribution in [0.3, 0.4) is 0 Å². The number of rotatable bonds is 4. The highest BCUT2D eigenvalue weighted by molar-refractivity contribution is 6.32. The molecule has 6 nitrogen and oxygen atoms in total. The Morgan fingerprint density at radius 2 is 1.96 bits per heavy atom. The molecule has 0 aromatic carbocycles. The van der Waals surface area contributed by atoms with Crippen molar-refractivity contribution >= 4 is 17.3 Å². The first-order chi connectivity index (χ1) is 12.2. The van der Waals surface area contributed by atoms with Crippen LogP contribution in [0.5, 0.6) is 0 Å². The summed E-state index contributed by atoms with van der Waals surface area (Å²) in [5.74, 6) is -0.0779. The maximum absolute atomic E-state index is 12.6. The molecule has 2 heterocycles. The van der Waals surface area contributed by atoms with Gasteiger partial charge in [0.25, 0.3) is 5.56 Å². The summed E-state index contributed by atoms with van der Waals surface area (Å²) in [6, 6.07) is 1.86. The fraction of sp³-hybridized carbons (Fsp3) is 0.438. The van der Waals surface area contributed by atoms with Crippen LogP contribution < -0.4 is 10.9 Å². The van der Waals surface area contributed by atoms with Crippen molar-refractivity contribution < 1.29 is 18.3 Å². The van der Waals surface area contributed by atoms with Crippen LogP contribution in [0, 0.1) is 0 Å². The van der Waals surface area contributed by atoms with Gasteiger partial charge in [0, 0.05) is 12.7 Å². The SMILES string of the molecule is O=c1c(Cl)c(NCC2(O)CCCC2)cnn1-c1ccc(C(F)(F)F)cn1. The number of nitrogens with zero attached hydrogens (tertiary/aromatic N) is 3. The second-order valence-corrected chi connectivity index (χ2v) is 6.65. The lowest BCUT2D eigenvalue weighted by Gasteiger charge is -2.23. The van der Waals surface area contributed by atoms with E-state index in [2.05, 4.69) is 15.4 Å². The average Bonchev–Trinajstić information content (AvgIpc) is 3.03. The van der Waals surface area contributed by atoms with E-state index >= 15 is 0 Å². The van der Waals surface area contributed by atoms with E-state index in [4.69, 9.17) is 11.6 Å². The van der Waals surface area contributed by atoms with Gasteiger partial charge in [-0.2, -0.15) is 23.0 Å². The Balaban J connectivity index is 1.82. The zero-order valence-electron chi connectivity index (χ0n) is 13.6. The number of pyridine rings is 1. The number of hydrogen-bond donors (Lipinski definition) is 2. The first-order valence-corrected chi connectivity index (χ1v) is 8.35. The summed E-state index contributed by atoms with van der Waals surface area (Å²) in [5, 5.41) is 17.0. The Bertz CT molecular complexity index is 846. The largest absolute Gasteiger partial charge is 0.417 e. The first kappa shape index (κ1) is 18.7. The van der Waals surface area contributed by atoms with Crippen molar-refractivity contribution in [3.8, 4) is 5.82 Å². The predicted molar refractivity (Wildman–Crippen MR) is 89.5 cm³/mol. The van der Waals surface area contributed by atoms with Gasteiger partial charge in [0.05, 0.1) is 23.0 Å². The van der Waals surface area contributed by atoms with E-state index in [-0.39, 0.29) is 23.1 Å². The molecule has 0 atom stereocenters. The van der Waals surface area contributed by atoms with E-state index in [0.717, 1.165) is 29.7 Å². The molecular weight excluding hydrogens is 373 g/mol. The third-order valence-electron chi connectivity index (χ3n) is 4.35. The maximum atomic E-state index is 12.6. The quantitative estimate of drug-likeness (QED) is 0.841. The maximum Gasteiger partial charge on any atom is 0.417 e. The Hall–Kier alpha value is -2.13. The van der Waals surface area contributed by atoms with Crippen molar-refractivity contribution in [1.82, 2.24) is 14.8 Å². The summed E-state index contributed by atoms with van der Waals surface area (Å²) < 4.78 is 38.6. The monoisotopic (exact) mass is 388 g/mol. The Morgan fingerprint density at radius 1 is 1.27 bits per heavy atom. The van der Waals surface area contributed by atoms with Crippen molar-refractivity contribution in [2.24, 2.45) is 0 Å². The van der Waals surface area contributed by atoms with Gasteiger partial charge >= 0.3 is 6.18 Å². The molecular formula is C16H16ClF3N4O2. The van der Waals surface area contributed by atoms with Gasteiger partial charge in [-0.05, 0) is 25.0 Å². The fourth-order valence-corrected chi connectivity index (χ4v) is 3.06. The molecule has 0 spiro atoms. The van der Waals surface area contributed by atoms with Crippen molar-refractivity contribution in [3.63, 3.8) is 0 Å². The summed E-state index contributed by atoms with van der Waals surface area (Å²) >= 11 is 6.06. The standard InChI is InChI=1S/C16H16ClF3N4O2/c17-13-11(22-9-15(26)5-1-2-6-15)8-23-24(14(13)25)12-4-3-10(7-21-12)16(18,19)20/h3-4,7-8,22,26H,1-2,5-6,9H2. The smallest absolute Gasteiger partial charge is 0.388 e. The number of halogens is 4. The van der Waals surface area contributed by atoms with E-state index in [1.54, 1.807) is 0 Å². The van der Waals surface area contributed by atoms with Crippen molar-refractivity contribution in [3.05, 3.63) is 45.5 Å². The van der Waals surface area contributed by atoms with Gasteiger partial charge in [-0.15, -0.1) is 0 Å². The zero-order valence-corrected chi connectivity index (χ0v) is 14.3. The van der Waals surface area contributed by atoms with Crippen LogP contribution in [0.15, 0.2) is 29.3 Å². The molecule has 26 heavy (non-hydrogen) atoms. The highest BCUT2D eigenvalue weighted by atomic mass is 35.5. The molecule has 3 rings (SSSR count). The van der Waals surface area contributed by atoms with Crippen molar-refractivity contribution in [2.75, 3.05) is 11.9 Å². The van der Waals surface area contributed by atoms with Crippen LogP contribution in [0.25, 0.3) is 5.82 Å². The molecule has 0 aliphatic heterocycles. The average molecular weight is 389 g/mol. The summed E-state index contributed by atoms with van der Waals surface area (Å²) in [6.45, 7) is 0.233. The van der Waals surface area contributed by atoms with Crippen molar-refractivity contribution in [2.45, 2.75) is 37.5 Å². The third-order valence-corrected chi connectivity index (χ3v) is 4.72. The van der Waals surface area contributed by atoms with E-state index in [0.29, 0.717) is 19.0 Å². The van der Waals surface area contributed by atoms with Crippen molar-refractivity contribution in [1.29, 1.82) is 0 Å². The highest BCUT2D eigenvalue weighted by Gasteiger charge is 2.32. The molecule has 2 aromatic heterocycles. The molecule has 10 heteroatoms. The van der Waals surface area contributed by atoms with Gasteiger partial charge in [0.15, 0.2) is 5.82 Å². The minimum atomic E-state index is -4.52. The molecule has 1 saturated carbocycles. The lowest BCUT2D eigenvalue weighted by atomic mass is 10.0. The third kappa shape index (κ3) is 3.83. The van der Waals surface area contributed by atoms with Crippen LogP contribution in [-0.2, 0) is 6.18 Å². The first-order valence-electron chi connectivity index (χ1n) is 7.97. The molecule has 1 aliphatic carbocycles. The second kappa shape index (κ2) is 6.88. The lowest BCUT2D eigenvalue weighted by molar-refractivity contribution is -0.137. The van der Waals surface area contributed by atoms with Gasteiger partial charge in [-0.25, -0.2) is 4.98 Å². The van der Waals surface area contributed by atoms with Crippen LogP contribution in [0.4, 0.5) is 18.9 Å². The minimum Gasteiger partial charge on any atom is -0.388 e. The molecule has 2 N–H and O–H groups in total. The van der Waals surface area contributed by atoms with Gasteiger partial charge in [0.2, 0.25) is 0 Å². The molecule has 0 unspecified atom stereocenters. The molecule has 140 valence electrons. The molecule has 1 fully saturated rings. The Morgan fingerprint density at radius 3 is 2.54 bits per heavy atom.